The van der Waals surface area contributed by atoms with Crippen LogP contribution in [0.1, 0.15) is 21.3 Å². The van der Waals surface area contributed by atoms with Gasteiger partial charge < -0.3 is 20.8 Å². The molecule has 0 radical (unpaired) electrons. The number of hydrogen-bond acceptors (Lipinski definition) is 5. The Bertz CT molecular complexity index is 823. The Morgan fingerprint density at radius 2 is 1.85 bits per heavy atom. The average molecular weight is 386 g/mol. The second-order valence-electron chi connectivity index (χ2n) is 5.75. The molecule has 1 fully saturated rings. The van der Waals surface area contributed by atoms with Crippen molar-refractivity contribution in [1.29, 1.82) is 0 Å². The maximum absolute atomic E-state index is 13.6. The Morgan fingerprint density at radius 1 is 1.19 bits per heavy atom. The fourth-order valence-corrected chi connectivity index (χ4v) is 3.57. The molecule has 0 bridgehead atoms. The molecule has 1 saturated heterocycles. The number of phenolic OH excluding ortho intramolecular Hbond substituents is 1. The molecule has 138 valence electrons. The lowest BCUT2D eigenvalue weighted by Crippen LogP contribution is -2.72. The predicted octanol–water partition coefficient (Wildman–Crippen LogP) is 2.56. The first-order valence-corrected chi connectivity index (χ1v) is 8.26. The molecule has 1 aromatic heterocycles. The van der Waals surface area contributed by atoms with Crippen molar-refractivity contribution in [2.75, 3.05) is 0 Å². The van der Waals surface area contributed by atoms with E-state index in [1.807, 2.05) is 0 Å². The minimum absolute atomic E-state index is 0.0133. The number of nitrogens with one attached hydrogen (secondary N) is 2. The molecule has 2 aromatic rings. The van der Waals surface area contributed by atoms with E-state index < -0.39 is 35.7 Å². The first-order valence-electron chi connectivity index (χ1n) is 7.38. The number of rotatable bonds is 3. The number of phenols is 1. The molecule has 0 saturated carbocycles. The minimum atomic E-state index is -5.29. The number of halogens is 3. The molecule has 6 nitrogen and oxygen atoms in total. The number of carbonyl (C=O) groups excluding carboxylic acids is 2. The van der Waals surface area contributed by atoms with Crippen LogP contribution in [0.15, 0.2) is 41.8 Å². The van der Waals surface area contributed by atoms with E-state index in [4.69, 9.17) is 0 Å². The van der Waals surface area contributed by atoms with Gasteiger partial charge in [0.25, 0.3) is 0 Å². The van der Waals surface area contributed by atoms with Crippen molar-refractivity contribution in [3.05, 3.63) is 52.2 Å². The molecule has 10 heteroatoms. The maximum Gasteiger partial charge on any atom is 0.437 e. The third-order valence-electron chi connectivity index (χ3n) is 4.10. The van der Waals surface area contributed by atoms with Crippen LogP contribution in [0.3, 0.4) is 0 Å². The first kappa shape index (κ1) is 18.2. The number of benzene rings is 1. The number of alkyl halides is 3. The smallest absolute Gasteiger partial charge is 0.437 e. The highest BCUT2D eigenvalue weighted by atomic mass is 32.1. The molecule has 0 aliphatic carbocycles. The van der Waals surface area contributed by atoms with Crippen LogP contribution < -0.4 is 10.6 Å². The number of ketones is 1. The molecule has 26 heavy (non-hydrogen) atoms. The second-order valence-corrected chi connectivity index (χ2v) is 6.70. The molecule has 3 atom stereocenters. The standard InChI is InChI=1S/C16H13F3N2O4S/c17-16(18,19)15(25)11(13(23)10-2-1-7-26-10)12(20-14(24)21-15)8-3-5-9(22)6-4-8/h1-7,11-12,22,25H,(H2,20,21,24)/t11-,12-,15+/m0/s1. The zero-order valence-corrected chi connectivity index (χ0v) is 13.8. The van der Waals surface area contributed by atoms with E-state index in [9.17, 15) is 33.0 Å². The number of amides is 2. The fraction of sp³-hybridized carbons (Fsp3) is 0.250. The van der Waals surface area contributed by atoms with Gasteiger partial charge >= 0.3 is 12.2 Å². The van der Waals surface area contributed by atoms with Gasteiger partial charge in [0.05, 0.1) is 10.9 Å². The molecule has 2 amide bonds. The molecule has 1 aliphatic rings. The third-order valence-corrected chi connectivity index (χ3v) is 4.99. The third kappa shape index (κ3) is 3.01. The molecule has 1 aromatic carbocycles. The summed E-state index contributed by atoms with van der Waals surface area (Å²) < 4.78 is 40.9. The number of aliphatic hydroxyl groups is 1. The van der Waals surface area contributed by atoms with Gasteiger partial charge in [0.2, 0.25) is 5.72 Å². The van der Waals surface area contributed by atoms with Crippen molar-refractivity contribution in [2.24, 2.45) is 5.92 Å². The lowest BCUT2D eigenvalue weighted by atomic mass is 9.78. The van der Waals surface area contributed by atoms with Gasteiger partial charge in [-0.3, -0.25) is 4.79 Å². The van der Waals surface area contributed by atoms with Crippen LogP contribution in [-0.4, -0.2) is 33.9 Å². The zero-order valence-electron chi connectivity index (χ0n) is 12.9. The van der Waals surface area contributed by atoms with E-state index in [-0.39, 0.29) is 16.2 Å². The fourth-order valence-electron chi connectivity index (χ4n) is 2.87. The summed E-state index contributed by atoms with van der Waals surface area (Å²) in [4.78, 5) is 24.6. The molecule has 2 heterocycles. The molecule has 0 unspecified atom stereocenters. The summed E-state index contributed by atoms with van der Waals surface area (Å²) in [5.74, 6) is -3.17. The van der Waals surface area contributed by atoms with Gasteiger partial charge in [-0.1, -0.05) is 18.2 Å². The van der Waals surface area contributed by atoms with Crippen molar-refractivity contribution in [3.8, 4) is 5.75 Å². The quantitative estimate of drug-likeness (QED) is 0.610. The molecular formula is C16H13F3N2O4S. The zero-order chi connectivity index (χ0) is 19.1. The van der Waals surface area contributed by atoms with Crippen molar-refractivity contribution >= 4 is 23.2 Å². The van der Waals surface area contributed by atoms with Gasteiger partial charge in [0.15, 0.2) is 5.78 Å². The lowest BCUT2D eigenvalue weighted by Gasteiger charge is -2.44. The van der Waals surface area contributed by atoms with Gasteiger partial charge in [-0.05, 0) is 29.1 Å². The normalized spacial score (nSPS) is 26.1. The highest BCUT2D eigenvalue weighted by molar-refractivity contribution is 7.12. The number of thiophene rings is 1. The lowest BCUT2D eigenvalue weighted by molar-refractivity contribution is -0.287. The molecule has 1 aliphatic heterocycles. The van der Waals surface area contributed by atoms with Crippen molar-refractivity contribution in [2.45, 2.75) is 17.9 Å². The van der Waals surface area contributed by atoms with Gasteiger partial charge in [0, 0.05) is 0 Å². The monoisotopic (exact) mass is 386 g/mol. The van der Waals surface area contributed by atoms with E-state index >= 15 is 0 Å². The minimum Gasteiger partial charge on any atom is -0.508 e. The summed E-state index contributed by atoms with van der Waals surface area (Å²) in [6.07, 6.45) is -5.29. The maximum atomic E-state index is 13.6. The highest BCUT2D eigenvalue weighted by Crippen LogP contribution is 2.44. The van der Waals surface area contributed by atoms with E-state index in [0.717, 1.165) is 11.3 Å². The molecular weight excluding hydrogens is 373 g/mol. The number of hydrogen-bond donors (Lipinski definition) is 4. The first-order chi connectivity index (χ1) is 12.1. The number of urea groups is 1. The van der Waals surface area contributed by atoms with E-state index in [1.54, 1.807) is 0 Å². The summed E-state index contributed by atoms with van der Waals surface area (Å²) in [6, 6.07) is 5.09. The topological polar surface area (TPSA) is 98.7 Å². The van der Waals surface area contributed by atoms with Crippen molar-refractivity contribution < 1.29 is 33.0 Å². The van der Waals surface area contributed by atoms with Crippen molar-refractivity contribution in [3.63, 3.8) is 0 Å². The summed E-state index contributed by atoms with van der Waals surface area (Å²) in [7, 11) is 0. The Balaban J connectivity index is 2.14. The van der Waals surface area contributed by atoms with Gasteiger partial charge in [-0.2, -0.15) is 13.2 Å². The second kappa shape index (κ2) is 6.29. The summed E-state index contributed by atoms with van der Waals surface area (Å²) >= 11 is 0.928. The van der Waals surface area contributed by atoms with Crippen molar-refractivity contribution in [1.82, 2.24) is 10.6 Å². The highest BCUT2D eigenvalue weighted by Gasteiger charge is 2.66. The molecule has 4 N–H and O–H groups in total. The van der Waals surface area contributed by atoms with Crippen LogP contribution in [0.4, 0.5) is 18.0 Å². The van der Waals surface area contributed by atoms with Crippen LogP contribution >= 0.6 is 11.3 Å². The summed E-state index contributed by atoms with van der Waals surface area (Å²) in [5, 5.41) is 24.9. The van der Waals surface area contributed by atoms with Gasteiger partial charge in [-0.15, -0.1) is 11.3 Å². The number of carbonyl (C=O) groups is 2. The Kier molecular flexibility index (Phi) is 4.41. The summed E-state index contributed by atoms with van der Waals surface area (Å²) in [6.45, 7) is 0. The van der Waals surface area contributed by atoms with Crippen LogP contribution in [-0.2, 0) is 0 Å². The van der Waals surface area contributed by atoms with Crippen LogP contribution in [0, 0.1) is 5.92 Å². The number of aromatic hydroxyl groups is 1. The Morgan fingerprint density at radius 3 is 2.38 bits per heavy atom. The van der Waals surface area contributed by atoms with Crippen LogP contribution in [0.25, 0.3) is 0 Å². The van der Waals surface area contributed by atoms with E-state index in [0.29, 0.717) is 0 Å². The Labute approximate surface area is 149 Å². The van der Waals surface area contributed by atoms with E-state index in [2.05, 4.69) is 5.32 Å². The predicted molar refractivity (Wildman–Crippen MR) is 85.7 cm³/mol. The van der Waals surface area contributed by atoms with E-state index in [1.165, 1.54) is 47.1 Å². The molecule has 3 rings (SSSR count). The van der Waals surface area contributed by atoms with Gasteiger partial charge in [0.1, 0.15) is 11.7 Å². The average Bonchev–Trinajstić information content (AvgIpc) is 3.08. The number of Topliss-reactive ketones (excluding diaryl/α,β-unsaturated/α-hetero) is 1. The largest absolute Gasteiger partial charge is 0.508 e. The molecule has 0 spiro atoms. The van der Waals surface area contributed by atoms with Crippen LogP contribution in [0.5, 0.6) is 5.75 Å². The van der Waals surface area contributed by atoms with Gasteiger partial charge in [-0.25, -0.2) is 4.79 Å². The van der Waals surface area contributed by atoms with Crippen LogP contribution in [0.2, 0.25) is 0 Å². The SMILES string of the molecule is O=C1N[C@@H](c2ccc(O)cc2)[C@@H](C(=O)c2cccs2)[C@@](O)(C(F)(F)F)N1. The summed E-state index contributed by atoms with van der Waals surface area (Å²) in [5.41, 5.74) is -3.62. The Hall–Kier alpha value is -2.59.